The molecule has 0 aromatic carbocycles. The molecule has 0 radical (unpaired) electrons. The standard InChI is InChI=1S/C8H14O2/c1-3-4-6-10-7-5-8(2)9/h3H,1,4-7H2,2H3. The predicted octanol–water partition coefficient (Wildman–Crippen LogP) is 1.56. The minimum absolute atomic E-state index is 0.179. The van der Waals surface area contributed by atoms with Crippen molar-refractivity contribution < 1.29 is 9.53 Å². The van der Waals surface area contributed by atoms with E-state index in [4.69, 9.17) is 4.74 Å². The summed E-state index contributed by atoms with van der Waals surface area (Å²) in [5.41, 5.74) is 0. The van der Waals surface area contributed by atoms with Crippen LogP contribution >= 0.6 is 0 Å². The molecule has 0 spiro atoms. The first-order valence-corrected chi connectivity index (χ1v) is 3.45. The van der Waals surface area contributed by atoms with Gasteiger partial charge in [-0.1, -0.05) is 6.08 Å². The van der Waals surface area contributed by atoms with Gasteiger partial charge in [0.15, 0.2) is 0 Å². The summed E-state index contributed by atoms with van der Waals surface area (Å²) in [6, 6.07) is 0. The summed E-state index contributed by atoms with van der Waals surface area (Å²) in [5, 5.41) is 0. The van der Waals surface area contributed by atoms with Gasteiger partial charge in [-0.3, -0.25) is 4.79 Å². The summed E-state index contributed by atoms with van der Waals surface area (Å²) < 4.78 is 5.09. The summed E-state index contributed by atoms with van der Waals surface area (Å²) in [4.78, 5) is 10.4. The number of hydrogen-bond donors (Lipinski definition) is 0. The van der Waals surface area contributed by atoms with E-state index >= 15 is 0 Å². The lowest BCUT2D eigenvalue weighted by molar-refractivity contribution is -0.118. The van der Waals surface area contributed by atoms with Crippen molar-refractivity contribution in [3.8, 4) is 0 Å². The number of hydrogen-bond acceptors (Lipinski definition) is 2. The Hall–Kier alpha value is -0.630. The van der Waals surface area contributed by atoms with E-state index in [0.29, 0.717) is 19.6 Å². The van der Waals surface area contributed by atoms with Gasteiger partial charge in [0.1, 0.15) is 5.78 Å². The molecule has 0 amide bonds. The molecule has 0 aliphatic rings. The van der Waals surface area contributed by atoms with Crippen LogP contribution < -0.4 is 0 Å². The molecule has 2 heteroatoms. The zero-order valence-electron chi connectivity index (χ0n) is 6.43. The van der Waals surface area contributed by atoms with Crippen LogP contribution in [0.1, 0.15) is 19.8 Å². The van der Waals surface area contributed by atoms with Crippen LogP contribution in [0.3, 0.4) is 0 Å². The summed E-state index contributed by atoms with van der Waals surface area (Å²) >= 11 is 0. The highest BCUT2D eigenvalue weighted by Gasteiger charge is 1.91. The van der Waals surface area contributed by atoms with Crippen LogP contribution in [0.5, 0.6) is 0 Å². The van der Waals surface area contributed by atoms with E-state index in [0.717, 1.165) is 6.42 Å². The molecule has 0 saturated carbocycles. The van der Waals surface area contributed by atoms with Crippen LogP contribution in [-0.2, 0) is 9.53 Å². The van der Waals surface area contributed by atoms with Crippen LogP contribution in [0.4, 0.5) is 0 Å². The topological polar surface area (TPSA) is 26.3 Å². The molecule has 0 unspecified atom stereocenters. The lowest BCUT2D eigenvalue weighted by atomic mass is 10.3. The molecule has 0 rings (SSSR count). The Morgan fingerprint density at radius 3 is 2.80 bits per heavy atom. The number of carbonyl (C=O) groups excluding carboxylic acids is 1. The van der Waals surface area contributed by atoms with E-state index in [1.807, 2.05) is 0 Å². The van der Waals surface area contributed by atoms with Gasteiger partial charge in [0.2, 0.25) is 0 Å². The predicted molar refractivity (Wildman–Crippen MR) is 40.9 cm³/mol. The second kappa shape index (κ2) is 6.49. The van der Waals surface area contributed by atoms with Crippen LogP contribution in [0.15, 0.2) is 12.7 Å². The Morgan fingerprint density at radius 1 is 1.60 bits per heavy atom. The van der Waals surface area contributed by atoms with Gasteiger partial charge in [-0.15, -0.1) is 6.58 Å². The number of Topliss-reactive ketones (excluding diaryl/α,β-unsaturated/α-hetero) is 1. The van der Waals surface area contributed by atoms with Crippen molar-refractivity contribution in [2.24, 2.45) is 0 Å². The molecule has 0 aliphatic carbocycles. The number of rotatable bonds is 6. The fourth-order valence-corrected chi connectivity index (χ4v) is 0.485. The Balaban J connectivity index is 2.90. The number of ketones is 1. The largest absolute Gasteiger partial charge is 0.381 e. The van der Waals surface area contributed by atoms with Gasteiger partial charge in [0.25, 0.3) is 0 Å². The normalized spacial score (nSPS) is 9.30. The minimum atomic E-state index is 0.179. The van der Waals surface area contributed by atoms with Gasteiger partial charge in [-0.25, -0.2) is 0 Å². The van der Waals surface area contributed by atoms with Crippen LogP contribution in [0, 0.1) is 0 Å². The zero-order chi connectivity index (χ0) is 7.82. The van der Waals surface area contributed by atoms with E-state index in [9.17, 15) is 4.79 Å². The first-order chi connectivity index (χ1) is 4.77. The molecule has 0 saturated heterocycles. The number of carbonyl (C=O) groups is 1. The van der Waals surface area contributed by atoms with Gasteiger partial charge < -0.3 is 4.74 Å². The van der Waals surface area contributed by atoms with E-state index < -0.39 is 0 Å². The van der Waals surface area contributed by atoms with Crippen LogP contribution in [0.2, 0.25) is 0 Å². The molecule has 0 aliphatic heterocycles. The van der Waals surface area contributed by atoms with Crippen molar-refractivity contribution in [1.82, 2.24) is 0 Å². The van der Waals surface area contributed by atoms with Crippen molar-refractivity contribution in [2.75, 3.05) is 13.2 Å². The van der Waals surface area contributed by atoms with E-state index in [2.05, 4.69) is 6.58 Å². The number of ether oxygens (including phenoxy) is 1. The monoisotopic (exact) mass is 142 g/mol. The molecule has 58 valence electrons. The lowest BCUT2D eigenvalue weighted by Gasteiger charge is -1.98. The van der Waals surface area contributed by atoms with Gasteiger partial charge >= 0.3 is 0 Å². The maximum absolute atomic E-state index is 10.4. The lowest BCUT2D eigenvalue weighted by Crippen LogP contribution is -2.00. The quantitative estimate of drug-likeness (QED) is 0.415. The van der Waals surface area contributed by atoms with Crippen LogP contribution in [-0.4, -0.2) is 19.0 Å². The third-order valence-electron chi connectivity index (χ3n) is 1.06. The fourth-order valence-electron chi connectivity index (χ4n) is 0.485. The van der Waals surface area contributed by atoms with Crippen molar-refractivity contribution in [3.63, 3.8) is 0 Å². The van der Waals surface area contributed by atoms with Crippen molar-refractivity contribution in [2.45, 2.75) is 19.8 Å². The van der Waals surface area contributed by atoms with Crippen molar-refractivity contribution >= 4 is 5.78 Å². The molecule has 0 N–H and O–H groups in total. The highest BCUT2D eigenvalue weighted by atomic mass is 16.5. The zero-order valence-corrected chi connectivity index (χ0v) is 6.43. The molecular formula is C8H14O2. The highest BCUT2D eigenvalue weighted by Crippen LogP contribution is 1.86. The van der Waals surface area contributed by atoms with Gasteiger partial charge in [0.05, 0.1) is 13.2 Å². The SMILES string of the molecule is C=CCCOCCC(C)=O. The molecule has 0 bridgehead atoms. The van der Waals surface area contributed by atoms with Gasteiger partial charge in [-0.05, 0) is 13.3 Å². The average molecular weight is 142 g/mol. The molecule has 10 heavy (non-hydrogen) atoms. The Morgan fingerprint density at radius 2 is 2.30 bits per heavy atom. The molecule has 0 atom stereocenters. The Bertz CT molecular complexity index is 108. The van der Waals surface area contributed by atoms with Gasteiger partial charge in [0, 0.05) is 6.42 Å². The maximum Gasteiger partial charge on any atom is 0.132 e. The molecule has 0 aromatic heterocycles. The first-order valence-electron chi connectivity index (χ1n) is 3.45. The van der Waals surface area contributed by atoms with E-state index in [1.54, 1.807) is 13.0 Å². The summed E-state index contributed by atoms with van der Waals surface area (Å²) in [5.74, 6) is 0.179. The Kier molecular flexibility index (Phi) is 6.08. The smallest absolute Gasteiger partial charge is 0.132 e. The summed E-state index contributed by atoms with van der Waals surface area (Å²) in [6.45, 7) is 6.33. The fraction of sp³-hybridized carbons (Fsp3) is 0.625. The first kappa shape index (κ1) is 9.37. The second-order valence-electron chi connectivity index (χ2n) is 2.14. The molecule has 2 nitrogen and oxygen atoms in total. The Labute approximate surface area is 61.9 Å². The highest BCUT2D eigenvalue weighted by molar-refractivity contribution is 5.75. The van der Waals surface area contributed by atoms with E-state index in [1.165, 1.54) is 0 Å². The maximum atomic E-state index is 10.4. The van der Waals surface area contributed by atoms with Gasteiger partial charge in [-0.2, -0.15) is 0 Å². The molecule has 0 aromatic rings. The third-order valence-corrected chi connectivity index (χ3v) is 1.06. The van der Waals surface area contributed by atoms with Crippen LogP contribution in [0.25, 0.3) is 0 Å². The summed E-state index contributed by atoms with van der Waals surface area (Å²) in [7, 11) is 0. The molecule has 0 heterocycles. The minimum Gasteiger partial charge on any atom is -0.381 e. The van der Waals surface area contributed by atoms with Crippen molar-refractivity contribution in [1.29, 1.82) is 0 Å². The van der Waals surface area contributed by atoms with E-state index in [-0.39, 0.29) is 5.78 Å². The third kappa shape index (κ3) is 7.37. The molecule has 0 fully saturated rings. The second-order valence-corrected chi connectivity index (χ2v) is 2.14. The molecular weight excluding hydrogens is 128 g/mol. The average Bonchev–Trinajstić information content (AvgIpc) is 1.87. The van der Waals surface area contributed by atoms with Crippen molar-refractivity contribution in [3.05, 3.63) is 12.7 Å². The summed E-state index contributed by atoms with van der Waals surface area (Å²) in [6.07, 6.45) is 3.18.